The Morgan fingerprint density at radius 2 is 2.28 bits per heavy atom. The van der Waals surface area contributed by atoms with Gasteiger partial charge in [0.1, 0.15) is 5.69 Å². The van der Waals surface area contributed by atoms with E-state index in [4.69, 9.17) is 4.52 Å². The second-order valence-corrected chi connectivity index (χ2v) is 4.85. The smallest absolute Gasteiger partial charge is 0.247 e. The number of pyridine rings is 1. The molecule has 0 spiro atoms. The molecule has 5 heteroatoms. The molecule has 1 saturated heterocycles. The van der Waals surface area contributed by atoms with Crippen molar-refractivity contribution < 1.29 is 4.52 Å². The molecule has 1 aliphatic rings. The number of hydrogen-bond acceptors (Lipinski definition) is 5. The molecule has 0 aliphatic carbocycles. The van der Waals surface area contributed by atoms with E-state index in [9.17, 15) is 0 Å². The van der Waals surface area contributed by atoms with Gasteiger partial charge >= 0.3 is 0 Å². The maximum atomic E-state index is 5.40. The largest absolute Gasteiger partial charge is 0.337 e. The Bertz CT molecular complexity index is 517. The van der Waals surface area contributed by atoms with Crippen LogP contribution in [0.15, 0.2) is 28.9 Å². The lowest BCUT2D eigenvalue weighted by molar-refractivity contribution is 0.207. The van der Waals surface area contributed by atoms with Crippen LogP contribution in [-0.2, 0) is 5.54 Å². The molecule has 2 aromatic rings. The van der Waals surface area contributed by atoms with Gasteiger partial charge in [-0.3, -0.25) is 4.98 Å². The highest BCUT2D eigenvalue weighted by atomic mass is 16.5. The second kappa shape index (κ2) is 4.49. The Labute approximate surface area is 106 Å². The lowest BCUT2D eigenvalue weighted by Crippen LogP contribution is -2.43. The van der Waals surface area contributed by atoms with Gasteiger partial charge in [0.05, 0.1) is 5.54 Å². The van der Waals surface area contributed by atoms with E-state index in [-0.39, 0.29) is 5.54 Å². The predicted molar refractivity (Wildman–Crippen MR) is 66.7 cm³/mol. The minimum Gasteiger partial charge on any atom is -0.337 e. The molecular formula is C13H16N4O. The first-order chi connectivity index (χ1) is 8.78. The Morgan fingerprint density at radius 3 is 3.00 bits per heavy atom. The lowest BCUT2D eigenvalue weighted by Gasteiger charge is -2.31. The highest BCUT2D eigenvalue weighted by Crippen LogP contribution is 2.29. The lowest BCUT2D eigenvalue weighted by atomic mass is 9.91. The molecule has 1 fully saturated rings. The summed E-state index contributed by atoms with van der Waals surface area (Å²) in [5.41, 5.74) is 0.546. The molecule has 5 nitrogen and oxygen atoms in total. The second-order valence-electron chi connectivity index (χ2n) is 4.85. The monoisotopic (exact) mass is 244 g/mol. The summed E-state index contributed by atoms with van der Waals surface area (Å²) in [6, 6.07) is 5.67. The van der Waals surface area contributed by atoms with E-state index < -0.39 is 0 Å². The van der Waals surface area contributed by atoms with Gasteiger partial charge < -0.3 is 9.84 Å². The maximum absolute atomic E-state index is 5.40. The molecule has 18 heavy (non-hydrogen) atoms. The van der Waals surface area contributed by atoms with E-state index in [1.165, 1.54) is 12.8 Å². The van der Waals surface area contributed by atoms with Gasteiger partial charge in [0.2, 0.25) is 11.7 Å². The minimum atomic E-state index is -0.196. The molecule has 1 aliphatic heterocycles. The van der Waals surface area contributed by atoms with Crippen molar-refractivity contribution in [2.75, 3.05) is 6.54 Å². The van der Waals surface area contributed by atoms with E-state index in [2.05, 4.69) is 27.4 Å². The van der Waals surface area contributed by atoms with Crippen molar-refractivity contribution in [3.05, 3.63) is 30.3 Å². The molecule has 3 rings (SSSR count). The molecular weight excluding hydrogens is 228 g/mol. The molecule has 0 aromatic carbocycles. The highest BCUT2D eigenvalue weighted by molar-refractivity contribution is 5.47. The summed E-state index contributed by atoms with van der Waals surface area (Å²) in [5.74, 6) is 1.21. The third kappa shape index (κ3) is 2.01. The van der Waals surface area contributed by atoms with E-state index in [0.29, 0.717) is 11.7 Å². The Morgan fingerprint density at radius 1 is 1.33 bits per heavy atom. The molecule has 1 N–H and O–H groups in total. The van der Waals surface area contributed by atoms with Crippen LogP contribution in [0.2, 0.25) is 0 Å². The summed E-state index contributed by atoms with van der Waals surface area (Å²) in [4.78, 5) is 8.70. The van der Waals surface area contributed by atoms with Crippen molar-refractivity contribution in [3.8, 4) is 11.5 Å². The molecule has 1 unspecified atom stereocenters. The topological polar surface area (TPSA) is 63.8 Å². The summed E-state index contributed by atoms with van der Waals surface area (Å²) in [7, 11) is 0. The van der Waals surface area contributed by atoms with Gasteiger partial charge in [0.25, 0.3) is 0 Å². The predicted octanol–water partition coefficient (Wildman–Crippen LogP) is 2.12. The first-order valence-electron chi connectivity index (χ1n) is 6.29. The van der Waals surface area contributed by atoms with E-state index >= 15 is 0 Å². The molecule has 2 aromatic heterocycles. The van der Waals surface area contributed by atoms with Crippen molar-refractivity contribution >= 4 is 0 Å². The van der Waals surface area contributed by atoms with E-state index in [0.717, 1.165) is 18.7 Å². The SMILES string of the molecule is CC1(c2nc(-c3ccccn3)no2)CCCCN1. The molecule has 0 amide bonds. The van der Waals surface area contributed by atoms with Crippen molar-refractivity contribution in [2.24, 2.45) is 0 Å². The third-order valence-corrected chi connectivity index (χ3v) is 3.41. The standard InChI is InChI=1S/C13H16N4O/c1-13(7-3-5-9-15-13)12-16-11(17-18-12)10-6-2-4-8-14-10/h2,4,6,8,15H,3,5,7,9H2,1H3. The zero-order valence-electron chi connectivity index (χ0n) is 10.4. The number of nitrogens with one attached hydrogen (secondary N) is 1. The minimum absolute atomic E-state index is 0.196. The van der Waals surface area contributed by atoms with Crippen molar-refractivity contribution in [3.63, 3.8) is 0 Å². The Kier molecular flexibility index (Phi) is 2.83. The summed E-state index contributed by atoms with van der Waals surface area (Å²) < 4.78 is 5.40. The fourth-order valence-corrected chi connectivity index (χ4v) is 2.29. The maximum Gasteiger partial charge on any atom is 0.247 e. The van der Waals surface area contributed by atoms with Crippen molar-refractivity contribution in [1.29, 1.82) is 0 Å². The number of nitrogens with zero attached hydrogens (tertiary/aromatic N) is 3. The van der Waals surface area contributed by atoms with Gasteiger partial charge in [-0.2, -0.15) is 4.98 Å². The summed E-state index contributed by atoms with van der Waals surface area (Å²) >= 11 is 0. The van der Waals surface area contributed by atoms with E-state index in [1.54, 1.807) is 6.20 Å². The zero-order valence-corrected chi connectivity index (χ0v) is 10.4. The van der Waals surface area contributed by atoms with Crippen LogP contribution in [0.3, 0.4) is 0 Å². The fourth-order valence-electron chi connectivity index (χ4n) is 2.29. The van der Waals surface area contributed by atoms with Gasteiger partial charge in [0, 0.05) is 6.20 Å². The van der Waals surface area contributed by atoms with Crippen LogP contribution in [0.1, 0.15) is 32.1 Å². The number of aromatic nitrogens is 3. The Hall–Kier alpha value is -1.75. The van der Waals surface area contributed by atoms with Crippen LogP contribution in [-0.4, -0.2) is 21.7 Å². The number of piperidine rings is 1. The molecule has 94 valence electrons. The van der Waals surface area contributed by atoms with Crippen molar-refractivity contribution in [1.82, 2.24) is 20.4 Å². The van der Waals surface area contributed by atoms with Crippen LogP contribution in [0.4, 0.5) is 0 Å². The summed E-state index contributed by atoms with van der Waals surface area (Å²) in [6.07, 6.45) is 5.14. The molecule has 0 saturated carbocycles. The fraction of sp³-hybridized carbons (Fsp3) is 0.462. The molecule has 0 radical (unpaired) electrons. The average Bonchev–Trinajstić information content (AvgIpc) is 2.91. The van der Waals surface area contributed by atoms with Gasteiger partial charge in [0.15, 0.2) is 0 Å². The van der Waals surface area contributed by atoms with Crippen LogP contribution in [0.5, 0.6) is 0 Å². The van der Waals surface area contributed by atoms with E-state index in [1.807, 2.05) is 18.2 Å². The summed E-state index contributed by atoms with van der Waals surface area (Å²) in [6.45, 7) is 3.11. The number of rotatable bonds is 2. The quantitative estimate of drug-likeness (QED) is 0.876. The molecule has 1 atom stereocenters. The average molecular weight is 244 g/mol. The van der Waals surface area contributed by atoms with Gasteiger partial charge in [-0.25, -0.2) is 0 Å². The van der Waals surface area contributed by atoms with Crippen LogP contribution in [0.25, 0.3) is 11.5 Å². The van der Waals surface area contributed by atoms with Crippen LogP contribution < -0.4 is 5.32 Å². The van der Waals surface area contributed by atoms with Gasteiger partial charge in [-0.15, -0.1) is 0 Å². The zero-order chi connectivity index (χ0) is 12.4. The molecule has 3 heterocycles. The van der Waals surface area contributed by atoms with Gasteiger partial charge in [-0.05, 0) is 44.9 Å². The highest BCUT2D eigenvalue weighted by Gasteiger charge is 2.34. The first-order valence-corrected chi connectivity index (χ1v) is 6.29. The summed E-state index contributed by atoms with van der Waals surface area (Å²) in [5, 5.41) is 7.48. The van der Waals surface area contributed by atoms with Crippen LogP contribution >= 0.6 is 0 Å². The normalized spacial score (nSPS) is 24.1. The molecule has 0 bridgehead atoms. The Balaban J connectivity index is 1.89. The van der Waals surface area contributed by atoms with Crippen LogP contribution in [0, 0.1) is 0 Å². The van der Waals surface area contributed by atoms with Crippen molar-refractivity contribution in [2.45, 2.75) is 31.7 Å². The van der Waals surface area contributed by atoms with Gasteiger partial charge in [-0.1, -0.05) is 11.2 Å². The number of hydrogen-bond donors (Lipinski definition) is 1. The third-order valence-electron chi connectivity index (χ3n) is 3.41. The first kappa shape index (κ1) is 11.3.